The average molecular weight is 254 g/mol. The van der Waals surface area contributed by atoms with E-state index in [1.54, 1.807) is 0 Å². The van der Waals surface area contributed by atoms with Gasteiger partial charge in [0, 0.05) is 37.7 Å². The summed E-state index contributed by atoms with van der Waals surface area (Å²) >= 11 is 1.48. The fourth-order valence-electron chi connectivity index (χ4n) is 2.27. The first-order valence-corrected chi connectivity index (χ1v) is 7.25. The lowest BCUT2D eigenvalue weighted by Crippen LogP contribution is -2.21. The molecule has 4 nitrogen and oxygen atoms in total. The predicted octanol–water partition coefficient (Wildman–Crippen LogP) is 2.45. The quantitative estimate of drug-likeness (QED) is 0.876. The van der Waals surface area contributed by atoms with Gasteiger partial charge in [-0.2, -0.15) is 0 Å². The third kappa shape index (κ3) is 3.16. The van der Waals surface area contributed by atoms with Gasteiger partial charge in [-0.05, 0) is 18.3 Å². The van der Waals surface area contributed by atoms with Crippen LogP contribution in [0.25, 0.3) is 0 Å². The molecule has 0 aliphatic carbocycles. The van der Waals surface area contributed by atoms with Crippen LogP contribution < -0.4 is 5.32 Å². The zero-order valence-corrected chi connectivity index (χ0v) is 11.8. The first-order valence-electron chi connectivity index (χ1n) is 6.48. The summed E-state index contributed by atoms with van der Waals surface area (Å²) in [6, 6.07) is 0. The fourth-order valence-corrected chi connectivity index (χ4v) is 2.87. The molecule has 2 atom stereocenters. The monoisotopic (exact) mass is 254 g/mol. The molecule has 2 heterocycles. The molecule has 0 saturated carbocycles. The number of likely N-dealkylation sites (tertiary alicyclic amines) is 1. The Hall–Kier alpha value is -0.680. The third-order valence-corrected chi connectivity index (χ3v) is 4.25. The van der Waals surface area contributed by atoms with Gasteiger partial charge in [-0.1, -0.05) is 25.3 Å². The van der Waals surface area contributed by atoms with Crippen molar-refractivity contribution in [1.82, 2.24) is 14.5 Å². The summed E-state index contributed by atoms with van der Waals surface area (Å²) in [5.74, 6) is 1.60. The van der Waals surface area contributed by atoms with E-state index in [4.69, 9.17) is 0 Å². The number of hydrogen-bond acceptors (Lipinski definition) is 5. The Bertz CT molecular complexity index is 342. The summed E-state index contributed by atoms with van der Waals surface area (Å²) < 4.78 is 4.06. The molecule has 0 bridgehead atoms. The lowest BCUT2D eigenvalue weighted by molar-refractivity contribution is 0.312. The summed E-state index contributed by atoms with van der Waals surface area (Å²) in [6.07, 6.45) is 1.13. The number of aromatic nitrogens is 2. The number of nitrogens with zero attached hydrogens (tertiary/aromatic N) is 3. The van der Waals surface area contributed by atoms with E-state index in [1.165, 1.54) is 24.6 Å². The number of anilines is 1. The van der Waals surface area contributed by atoms with Crippen molar-refractivity contribution in [3.63, 3.8) is 0 Å². The molecular weight excluding hydrogens is 232 g/mol. The van der Waals surface area contributed by atoms with Crippen molar-refractivity contribution in [2.45, 2.75) is 33.7 Å². The van der Waals surface area contributed by atoms with Crippen molar-refractivity contribution < 1.29 is 0 Å². The molecule has 0 spiro atoms. The van der Waals surface area contributed by atoms with E-state index in [1.807, 2.05) is 0 Å². The molecule has 2 rings (SSSR count). The van der Waals surface area contributed by atoms with E-state index in [-0.39, 0.29) is 0 Å². The van der Waals surface area contributed by atoms with Crippen LogP contribution in [0.5, 0.6) is 0 Å². The van der Waals surface area contributed by atoms with Crippen molar-refractivity contribution in [2.24, 2.45) is 11.8 Å². The van der Waals surface area contributed by atoms with Gasteiger partial charge in [0.25, 0.3) is 0 Å². The van der Waals surface area contributed by atoms with Crippen LogP contribution in [-0.4, -0.2) is 34.1 Å². The van der Waals surface area contributed by atoms with Gasteiger partial charge in [0.05, 0.1) is 0 Å². The van der Waals surface area contributed by atoms with Crippen molar-refractivity contribution in [2.75, 3.05) is 25.0 Å². The average Bonchev–Trinajstić information content (AvgIpc) is 2.85. The summed E-state index contributed by atoms with van der Waals surface area (Å²) in [5, 5.41) is 8.81. The maximum absolute atomic E-state index is 4.25. The summed E-state index contributed by atoms with van der Waals surface area (Å²) in [7, 11) is 0. The lowest BCUT2D eigenvalue weighted by Gasteiger charge is -2.14. The zero-order chi connectivity index (χ0) is 12.3. The maximum atomic E-state index is 4.25. The number of rotatable bonds is 5. The lowest BCUT2D eigenvalue weighted by atomic mass is 10.0. The zero-order valence-electron chi connectivity index (χ0n) is 10.9. The molecule has 1 fully saturated rings. The number of hydrogen-bond donors (Lipinski definition) is 1. The Kier molecular flexibility index (Phi) is 4.34. The van der Waals surface area contributed by atoms with Crippen molar-refractivity contribution >= 4 is 16.5 Å². The molecule has 1 saturated heterocycles. The topological polar surface area (TPSA) is 41.1 Å². The molecule has 5 heteroatoms. The molecule has 0 radical (unpaired) electrons. The van der Waals surface area contributed by atoms with Gasteiger partial charge in [-0.15, -0.1) is 5.10 Å². The van der Waals surface area contributed by atoms with Crippen LogP contribution in [0.4, 0.5) is 5.00 Å². The minimum atomic E-state index is 0.800. The molecule has 1 aliphatic heterocycles. The second-order valence-electron chi connectivity index (χ2n) is 5.12. The summed E-state index contributed by atoms with van der Waals surface area (Å²) in [6.45, 7) is 11.2. The standard InChI is InChI=1S/C12H22N4S/c1-4-5-13-12-11(14-15-17-12)8-16-6-9(2)10(3)7-16/h9-10,13H,4-8H2,1-3H3. The molecule has 1 aliphatic rings. The second-order valence-corrected chi connectivity index (χ2v) is 5.88. The van der Waals surface area contributed by atoms with Crippen LogP contribution in [0, 0.1) is 11.8 Å². The van der Waals surface area contributed by atoms with Gasteiger partial charge >= 0.3 is 0 Å². The van der Waals surface area contributed by atoms with Gasteiger partial charge in [-0.25, -0.2) is 0 Å². The molecule has 17 heavy (non-hydrogen) atoms. The maximum Gasteiger partial charge on any atom is 0.134 e. The highest BCUT2D eigenvalue weighted by Gasteiger charge is 2.27. The third-order valence-electron chi connectivity index (χ3n) is 3.53. The van der Waals surface area contributed by atoms with E-state index in [0.29, 0.717) is 0 Å². The molecule has 1 aromatic heterocycles. The van der Waals surface area contributed by atoms with Gasteiger partial charge in [0.2, 0.25) is 0 Å². The second kappa shape index (κ2) is 5.78. The van der Waals surface area contributed by atoms with E-state index in [9.17, 15) is 0 Å². The highest BCUT2D eigenvalue weighted by molar-refractivity contribution is 7.10. The van der Waals surface area contributed by atoms with Crippen LogP contribution in [0.1, 0.15) is 32.9 Å². The van der Waals surface area contributed by atoms with E-state index < -0.39 is 0 Å². The van der Waals surface area contributed by atoms with Crippen molar-refractivity contribution in [3.8, 4) is 0 Å². The van der Waals surface area contributed by atoms with Gasteiger partial charge in [0.15, 0.2) is 0 Å². The molecule has 1 N–H and O–H groups in total. The predicted molar refractivity (Wildman–Crippen MR) is 72.3 cm³/mol. The normalized spacial score (nSPS) is 25.4. The van der Waals surface area contributed by atoms with Crippen LogP contribution in [0.3, 0.4) is 0 Å². The van der Waals surface area contributed by atoms with E-state index in [0.717, 1.165) is 42.0 Å². The Labute approximate surface area is 108 Å². The molecule has 0 aromatic carbocycles. The van der Waals surface area contributed by atoms with Crippen molar-refractivity contribution in [1.29, 1.82) is 0 Å². The van der Waals surface area contributed by atoms with E-state index >= 15 is 0 Å². The largest absolute Gasteiger partial charge is 0.374 e. The van der Waals surface area contributed by atoms with Crippen molar-refractivity contribution in [3.05, 3.63) is 5.69 Å². The Morgan fingerprint density at radius 3 is 2.71 bits per heavy atom. The molecule has 2 unspecified atom stereocenters. The fraction of sp³-hybridized carbons (Fsp3) is 0.833. The first kappa shape index (κ1) is 12.8. The molecular formula is C12H22N4S. The highest BCUT2D eigenvalue weighted by Crippen LogP contribution is 2.26. The highest BCUT2D eigenvalue weighted by atomic mass is 32.1. The van der Waals surface area contributed by atoms with Crippen LogP contribution in [0.2, 0.25) is 0 Å². The Morgan fingerprint density at radius 1 is 1.35 bits per heavy atom. The summed E-state index contributed by atoms with van der Waals surface area (Å²) in [5.41, 5.74) is 1.12. The van der Waals surface area contributed by atoms with Gasteiger partial charge < -0.3 is 5.32 Å². The minimum Gasteiger partial charge on any atom is -0.374 e. The van der Waals surface area contributed by atoms with Gasteiger partial charge in [0.1, 0.15) is 10.7 Å². The first-order chi connectivity index (χ1) is 8.20. The molecule has 1 aromatic rings. The molecule has 0 amide bonds. The minimum absolute atomic E-state index is 0.800. The van der Waals surface area contributed by atoms with E-state index in [2.05, 4.69) is 40.6 Å². The van der Waals surface area contributed by atoms with Crippen LogP contribution in [0.15, 0.2) is 0 Å². The SMILES string of the molecule is CCCNc1snnc1CN1CC(C)C(C)C1. The Balaban J connectivity index is 1.92. The van der Waals surface area contributed by atoms with Crippen LogP contribution in [-0.2, 0) is 6.54 Å². The smallest absolute Gasteiger partial charge is 0.134 e. The number of nitrogens with one attached hydrogen (secondary N) is 1. The van der Waals surface area contributed by atoms with Gasteiger partial charge in [-0.3, -0.25) is 4.90 Å². The Morgan fingerprint density at radius 2 is 2.06 bits per heavy atom. The van der Waals surface area contributed by atoms with Crippen LogP contribution >= 0.6 is 11.5 Å². The summed E-state index contributed by atoms with van der Waals surface area (Å²) in [4.78, 5) is 2.49. The molecule has 96 valence electrons.